The third kappa shape index (κ3) is 4.19. The minimum atomic E-state index is -0.841. The molecule has 0 aliphatic carbocycles. The molecule has 0 aromatic heterocycles. The Morgan fingerprint density at radius 1 is 1.00 bits per heavy atom. The van der Waals surface area contributed by atoms with Crippen molar-refractivity contribution in [3.8, 4) is 0 Å². The minimum absolute atomic E-state index is 0.326. The fourth-order valence-corrected chi connectivity index (χ4v) is 2.31. The van der Waals surface area contributed by atoms with Crippen LogP contribution in [0.1, 0.15) is 25.0 Å². The van der Waals surface area contributed by atoms with Crippen molar-refractivity contribution in [3.63, 3.8) is 0 Å². The van der Waals surface area contributed by atoms with Gasteiger partial charge in [-0.3, -0.25) is 0 Å². The minimum Gasteiger partial charge on any atom is -0.384 e. The van der Waals surface area contributed by atoms with Crippen molar-refractivity contribution in [2.45, 2.75) is 31.9 Å². The van der Waals surface area contributed by atoms with Crippen molar-refractivity contribution in [2.24, 2.45) is 0 Å². The highest BCUT2D eigenvalue weighted by atomic mass is 16.3. The molecule has 20 heavy (non-hydrogen) atoms. The summed E-state index contributed by atoms with van der Waals surface area (Å²) in [7, 11) is 0. The molecule has 2 heteroatoms. The van der Waals surface area contributed by atoms with E-state index in [-0.39, 0.29) is 0 Å². The van der Waals surface area contributed by atoms with Gasteiger partial charge in [0, 0.05) is 12.6 Å². The first kappa shape index (κ1) is 14.8. The molecule has 2 rings (SSSR count). The summed E-state index contributed by atoms with van der Waals surface area (Å²) < 4.78 is 0. The Hall–Kier alpha value is -1.64. The highest BCUT2D eigenvalue weighted by Gasteiger charge is 2.22. The first-order valence-electron chi connectivity index (χ1n) is 7.13. The summed E-state index contributed by atoms with van der Waals surface area (Å²) in [4.78, 5) is 0. The van der Waals surface area contributed by atoms with Gasteiger partial charge in [0.25, 0.3) is 0 Å². The standard InChI is InChI=1S/C18H23NO/c1-15(13-16-9-5-3-6-10-16)19-14-18(2,20)17-11-7-4-8-12-17/h3-12,15,19-20H,13-14H2,1-2H3. The smallest absolute Gasteiger partial charge is 0.0992 e. The average Bonchev–Trinajstić information content (AvgIpc) is 2.47. The number of hydrogen-bond donors (Lipinski definition) is 2. The third-order valence-electron chi connectivity index (χ3n) is 3.58. The van der Waals surface area contributed by atoms with Crippen molar-refractivity contribution in [1.82, 2.24) is 5.32 Å². The molecule has 0 spiro atoms. The maximum Gasteiger partial charge on any atom is 0.0992 e. The first-order chi connectivity index (χ1) is 9.58. The van der Waals surface area contributed by atoms with Gasteiger partial charge in [-0.25, -0.2) is 0 Å². The largest absolute Gasteiger partial charge is 0.384 e. The fraction of sp³-hybridized carbons (Fsp3) is 0.333. The first-order valence-corrected chi connectivity index (χ1v) is 7.13. The Morgan fingerprint density at radius 3 is 2.15 bits per heavy atom. The molecular formula is C18H23NO. The van der Waals surface area contributed by atoms with Gasteiger partial charge in [0.15, 0.2) is 0 Å². The van der Waals surface area contributed by atoms with Gasteiger partial charge in [0.2, 0.25) is 0 Å². The molecule has 0 aliphatic heterocycles. The Bertz CT molecular complexity index is 507. The summed E-state index contributed by atoms with van der Waals surface area (Å²) in [6.45, 7) is 4.55. The second-order valence-corrected chi connectivity index (χ2v) is 5.61. The normalized spacial score (nSPS) is 15.6. The van der Waals surface area contributed by atoms with Gasteiger partial charge >= 0.3 is 0 Å². The number of hydrogen-bond acceptors (Lipinski definition) is 2. The van der Waals surface area contributed by atoms with Crippen molar-refractivity contribution in [2.75, 3.05) is 6.54 Å². The molecule has 0 saturated carbocycles. The van der Waals surface area contributed by atoms with Crippen LogP contribution in [0.5, 0.6) is 0 Å². The van der Waals surface area contributed by atoms with Crippen LogP contribution in [-0.2, 0) is 12.0 Å². The quantitative estimate of drug-likeness (QED) is 0.844. The summed E-state index contributed by atoms with van der Waals surface area (Å²) in [6.07, 6.45) is 0.964. The lowest BCUT2D eigenvalue weighted by Crippen LogP contribution is -2.40. The van der Waals surface area contributed by atoms with Gasteiger partial charge in [0.05, 0.1) is 5.60 Å². The van der Waals surface area contributed by atoms with Gasteiger partial charge in [-0.05, 0) is 31.4 Å². The molecule has 2 aromatic carbocycles. The summed E-state index contributed by atoms with van der Waals surface area (Å²) in [6, 6.07) is 20.5. The van der Waals surface area contributed by atoms with Crippen molar-refractivity contribution in [1.29, 1.82) is 0 Å². The summed E-state index contributed by atoms with van der Waals surface area (Å²) >= 11 is 0. The number of aliphatic hydroxyl groups is 1. The van der Waals surface area contributed by atoms with E-state index in [2.05, 4.69) is 36.5 Å². The molecule has 0 saturated heterocycles. The monoisotopic (exact) mass is 269 g/mol. The molecule has 106 valence electrons. The fourth-order valence-electron chi connectivity index (χ4n) is 2.31. The van der Waals surface area contributed by atoms with E-state index in [0.717, 1.165) is 12.0 Å². The number of rotatable bonds is 6. The zero-order valence-electron chi connectivity index (χ0n) is 12.2. The highest BCUT2D eigenvalue weighted by Crippen LogP contribution is 2.19. The highest BCUT2D eigenvalue weighted by molar-refractivity contribution is 5.22. The molecule has 2 N–H and O–H groups in total. The second kappa shape index (κ2) is 6.69. The van der Waals surface area contributed by atoms with E-state index >= 15 is 0 Å². The van der Waals surface area contributed by atoms with Crippen LogP contribution >= 0.6 is 0 Å². The third-order valence-corrected chi connectivity index (χ3v) is 3.58. The maximum atomic E-state index is 10.5. The lowest BCUT2D eigenvalue weighted by Gasteiger charge is -2.26. The predicted molar refractivity (Wildman–Crippen MR) is 83.6 cm³/mol. The Balaban J connectivity index is 1.88. The van der Waals surface area contributed by atoms with Crippen LogP contribution in [0.25, 0.3) is 0 Å². The van der Waals surface area contributed by atoms with Crippen molar-refractivity contribution in [3.05, 3.63) is 71.8 Å². The van der Waals surface area contributed by atoms with Crippen molar-refractivity contribution < 1.29 is 5.11 Å². The summed E-state index contributed by atoms with van der Waals surface area (Å²) in [5.41, 5.74) is 1.41. The Morgan fingerprint density at radius 2 is 1.55 bits per heavy atom. The summed E-state index contributed by atoms with van der Waals surface area (Å²) in [5.74, 6) is 0. The van der Waals surface area contributed by atoms with E-state index in [1.807, 2.05) is 43.3 Å². The average molecular weight is 269 g/mol. The van der Waals surface area contributed by atoms with Crippen LogP contribution in [-0.4, -0.2) is 17.7 Å². The molecule has 2 unspecified atom stereocenters. The molecule has 0 amide bonds. The molecule has 2 nitrogen and oxygen atoms in total. The van der Waals surface area contributed by atoms with E-state index in [9.17, 15) is 5.11 Å². The van der Waals surface area contributed by atoms with E-state index in [4.69, 9.17) is 0 Å². The molecule has 2 aromatic rings. The molecule has 0 fully saturated rings. The van der Waals surface area contributed by atoms with E-state index < -0.39 is 5.60 Å². The molecule has 0 aliphatic rings. The van der Waals surface area contributed by atoms with E-state index in [1.54, 1.807) is 0 Å². The lowest BCUT2D eigenvalue weighted by molar-refractivity contribution is 0.0544. The maximum absolute atomic E-state index is 10.5. The Labute approximate surface area is 121 Å². The van der Waals surface area contributed by atoms with Gasteiger partial charge in [0.1, 0.15) is 0 Å². The molecule has 2 atom stereocenters. The van der Waals surface area contributed by atoms with Gasteiger partial charge in [-0.15, -0.1) is 0 Å². The van der Waals surface area contributed by atoms with Crippen LogP contribution in [0.15, 0.2) is 60.7 Å². The van der Waals surface area contributed by atoms with E-state index in [0.29, 0.717) is 12.6 Å². The van der Waals surface area contributed by atoms with Gasteiger partial charge < -0.3 is 10.4 Å². The predicted octanol–water partition coefficient (Wildman–Crippen LogP) is 3.11. The van der Waals surface area contributed by atoms with Crippen LogP contribution in [0, 0.1) is 0 Å². The van der Waals surface area contributed by atoms with Crippen LogP contribution in [0.4, 0.5) is 0 Å². The second-order valence-electron chi connectivity index (χ2n) is 5.61. The van der Waals surface area contributed by atoms with Crippen molar-refractivity contribution >= 4 is 0 Å². The van der Waals surface area contributed by atoms with Crippen LogP contribution in [0.3, 0.4) is 0 Å². The molecule has 0 radical (unpaired) electrons. The summed E-state index contributed by atoms with van der Waals surface area (Å²) in [5, 5.41) is 14.0. The van der Waals surface area contributed by atoms with Crippen LogP contribution in [0.2, 0.25) is 0 Å². The number of benzene rings is 2. The molecule has 0 heterocycles. The van der Waals surface area contributed by atoms with Crippen LogP contribution < -0.4 is 5.32 Å². The SMILES string of the molecule is CC(Cc1ccccc1)NCC(C)(O)c1ccccc1. The lowest BCUT2D eigenvalue weighted by atomic mass is 9.95. The zero-order chi connectivity index (χ0) is 14.4. The molecule has 0 bridgehead atoms. The van der Waals surface area contributed by atoms with Gasteiger partial charge in [-0.2, -0.15) is 0 Å². The topological polar surface area (TPSA) is 32.3 Å². The van der Waals surface area contributed by atoms with E-state index in [1.165, 1.54) is 5.56 Å². The zero-order valence-corrected chi connectivity index (χ0v) is 12.2. The Kier molecular flexibility index (Phi) is 4.94. The molecular weight excluding hydrogens is 246 g/mol. The number of nitrogens with one attached hydrogen (secondary N) is 1. The van der Waals surface area contributed by atoms with Gasteiger partial charge in [-0.1, -0.05) is 60.7 Å².